The van der Waals surface area contributed by atoms with Crippen molar-refractivity contribution in [1.29, 1.82) is 0 Å². The van der Waals surface area contributed by atoms with Crippen LogP contribution in [0.1, 0.15) is 11.7 Å². The smallest absolute Gasteiger partial charge is 0.235 e. The normalized spacial score (nSPS) is 13.9. The van der Waals surface area contributed by atoms with Crippen molar-refractivity contribution in [3.8, 4) is 0 Å². The van der Waals surface area contributed by atoms with Gasteiger partial charge >= 0.3 is 0 Å². The van der Waals surface area contributed by atoms with Crippen LogP contribution in [0.3, 0.4) is 0 Å². The van der Waals surface area contributed by atoms with Gasteiger partial charge in [-0.05, 0) is 5.56 Å². The number of methoxy groups -OCH3 is 1. The summed E-state index contributed by atoms with van der Waals surface area (Å²) in [6.45, 7) is 0. The Labute approximate surface area is 88.1 Å². The van der Waals surface area contributed by atoms with Crippen LogP contribution >= 0.6 is 10.7 Å². The van der Waals surface area contributed by atoms with Crippen LogP contribution in [0.25, 0.3) is 0 Å². The lowest BCUT2D eigenvalue weighted by atomic mass is 10.1. The zero-order valence-corrected chi connectivity index (χ0v) is 9.25. The highest BCUT2D eigenvalue weighted by molar-refractivity contribution is 8.13. The summed E-state index contributed by atoms with van der Waals surface area (Å²) in [7, 11) is 3.07. The van der Waals surface area contributed by atoms with Crippen LogP contribution < -0.4 is 0 Å². The van der Waals surface area contributed by atoms with Crippen LogP contribution in [0.15, 0.2) is 30.3 Å². The maximum absolute atomic E-state index is 10.9. The molecule has 0 saturated carbocycles. The van der Waals surface area contributed by atoms with E-state index in [4.69, 9.17) is 15.4 Å². The molecule has 0 aromatic heterocycles. The molecule has 0 bridgehead atoms. The maximum atomic E-state index is 10.9. The molecule has 1 atom stereocenters. The summed E-state index contributed by atoms with van der Waals surface area (Å²) >= 11 is 0. The van der Waals surface area contributed by atoms with Crippen LogP contribution in [0, 0.1) is 0 Å². The first-order chi connectivity index (χ1) is 6.53. The van der Waals surface area contributed by atoms with E-state index >= 15 is 0 Å². The molecule has 0 aliphatic rings. The Hall–Kier alpha value is -0.580. The molecule has 0 unspecified atom stereocenters. The largest absolute Gasteiger partial charge is 0.376 e. The number of rotatable bonds is 4. The molecular weight excluding hydrogens is 224 g/mol. The van der Waals surface area contributed by atoms with Gasteiger partial charge in [0.1, 0.15) is 0 Å². The molecular formula is C9H11ClO3S. The van der Waals surface area contributed by atoms with Crippen LogP contribution in [0.4, 0.5) is 0 Å². The van der Waals surface area contributed by atoms with Gasteiger partial charge in [0.25, 0.3) is 0 Å². The predicted molar refractivity (Wildman–Crippen MR) is 55.8 cm³/mol. The average Bonchev–Trinajstić information content (AvgIpc) is 2.14. The van der Waals surface area contributed by atoms with E-state index in [1.54, 1.807) is 12.1 Å². The Kier molecular flexibility index (Phi) is 3.92. The molecule has 1 rings (SSSR count). The molecule has 14 heavy (non-hydrogen) atoms. The Bertz CT molecular complexity index is 374. The van der Waals surface area contributed by atoms with Crippen molar-refractivity contribution in [2.45, 2.75) is 6.10 Å². The molecule has 78 valence electrons. The highest BCUT2D eigenvalue weighted by Gasteiger charge is 2.17. The van der Waals surface area contributed by atoms with Crippen molar-refractivity contribution >= 4 is 19.7 Å². The van der Waals surface area contributed by atoms with Crippen molar-refractivity contribution in [2.24, 2.45) is 0 Å². The van der Waals surface area contributed by atoms with Crippen LogP contribution in [0.2, 0.25) is 0 Å². The van der Waals surface area contributed by atoms with Crippen LogP contribution in [-0.4, -0.2) is 21.3 Å². The summed E-state index contributed by atoms with van der Waals surface area (Å²) in [4.78, 5) is 0. The van der Waals surface area contributed by atoms with Crippen molar-refractivity contribution in [1.82, 2.24) is 0 Å². The Morgan fingerprint density at radius 1 is 1.36 bits per heavy atom. The Balaban J connectivity index is 2.84. The molecule has 0 N–H and O–H groups in total. The minimum atomic E-state index is -3.54. The molecule has 0 spiro atoms. The summed E-state index contributed by atoms with van der Waals surface area (Å²) in [5.74, 6) is -0.213. The van der Waals surface area contributed by atoms with E-state index in [2.05, 4.69) is 0 Å². The van der Waals surface area contributed by atoms with Crippen LogP contribution in [0.5, 0.6) is 0 Å². The molecule has 0 saturated heterocycles. The highest BCUT2D eigenvalue weighted by Crippen LogP contribution is 2.19. The van der Waals surface area contributed by atoms with Gasteiger partial charge in [-0.2, -0.15) is 0 Å². The molecule has 0 radical (unpaired) electrons. The number of ether oxygens (including phenoxy) is 1. The second kappa shape index (κ2) is 4.77. The maximum Gasteiger partial charge on any atom is 0.235 e. The van der Waals surface area contributed by atoms with Crippen LogP contribution in [-0.2, 0) is 13.8 Å². The first kappa shape index (κ1) is 11.5. The van der Waals surface area contributed by atoms with E-state index in [1.165, 1.54) is 7.11 Å². The highest BCUT2D eigenvalue weighted by atomic mass is 35.7. The summed E-state index contributed by atoms with van der Waals surface area (Å²) in [6, 6.07) is 9.10. The lowest BCUT2D eigenvalue weighted by Crippen LogP contribution is -2.11. The Morgan fingerprint density at radius 2 is 1.93 bits per heavy atom. The third-order valence-corrected chi connectivity index (χ3v) is 2.89. The first-order valence-corrected chi connectivity index (χ1v) is 6.51. The van der Waals surface area contributed by atoms with Gasteiger partial charge in [-0.3, -0.25) is 0 Å². The topological polar surface area (TPSA) is 43.4 Å². The van der Waals surface area contributed by atoms with E-state index in [-0.39, 0.29) is 5.75 Å². The molecule has 0 amide bonds. The SMILES string of the molecule is CO[C@@H](CS(=O)(=O)Cl)c1ccccc1. The zero-order valence-electron chi connectivity index (χ0n) is 7.68. The summed E-state index contributed by atoms with van der Waals surface area (Å²) in [5, 5.41) is 0. The monoisotopic (exact) mass is 234 g/mol. The van der Waals surface area contributed by atoms with Gasteiger partial charge in [0.2, 0.25) is 9.05 Å². The van der Waals surface area contributed by atoms with E-state index in [0.717, 1.165) is 5.56 Å². The quantitative estimate of drug-likeness (QED) is 0.748. The van der Waals surface area contributed by atoms with Gasteiger partial charge in [0.05, 0.1) is 11.9 Å². The van der Waals surface area contributed by atoms with Gasteiger partial charge in [0, 0.05) is 17.8 Å². The first-order valence-electron chi connectivity index (χ1n) is 4.03. The van der Waals surface area contributed by atoms with E-state index in [1.807, 2.05) is 18.2 Å². The summed E-state index contributed by atoms with van der Waals surface area (Å²) < 4.78 is 26.8. The van der Waals surface area contributed by atoms with Gasteiger partial charge in [-0.1, -0.05) is 30.3 Å². The van der Waals surface area contributed by atoms with Crippen molar-refractivity contribution in [3.05, 3.63) is 35.9 Å². The molecule has 3 nitrogen and oxygen atoms in total. The minimum absolute atomic E-state index is 0.213. The summed E-state index contributed by atoms with van der Waals surface area (Å²) in [5.41, 5.74) is 0.805. The minimum Gasteiger partial charge on any atom is -0.376 e. The molecule has 0 aliphatic carbocycles. The molecule has 0 aliphatic heterocycles. The van der Waals surface area contributed by atoms with Crippen molar-refractivity contribution in [2.75, 3.05) is 12.9 Å². The molecule has 1 aromatic rings. The van der Waals surface area contributed by atoms with E-state index < -0.39 is 15.2 Å². The average molecular weight is 235 g/mol. The molecule has 0 fully saturated rings. The van der Waals surface area contributed by atoms with Crippen molar-refractivity contribution in [3.63, 3.8) is 0 Å². The predicted octanol–water partition coefficient (Wildman–Crippen LogP) is 1.94. The molecule has 5 heteroatoms. The van der Waals surface area contributed by atoms with Gasteiger partial charge in [0.15, 0.2) is 0 Å². The second-order valence-corrected chi connectivity index (χ2v) is 5.66. The Morgan fingerprint density at radius 3 is 2.36 bits per heavy atom. The van der Waals surface area contributed by atoms with Gasteiger partial charge in [-0.15, -0.1) is 0 Å². The number of halogens is 1. The molecule has 1 aromatic carbocycles. The third-order valence-electron chi connectivity index (χ3n) is 1.81. The number of hydrogen-bond acceptors (Lipinski definition) is 3. The van der Waals surface area contributed by atoms with Crippen molar-refractivity contribution < 1.29 is 13.2 Å². The standard InChI is InChI=1S/C9H11ClO3S/c1-13-9(7-14(10,11)12)8-5-3-2-4-6-8/h2-6,9H,7H2,1H3/t9-/m0/s1. The fraction of sp³-hybridized carbons (Fsp3) is 0.333. The summed E-state index contributed by atoms with van der Waals surface area (Å²) in [6.07, 6.45) is -0.501. The lowest BCUT2D eigenvalue weighted by molar-refractivity contribution is 0.122. The fourth-order valence-electron chi connectivity index (χ4n) is 1.15. The molecule has 0 heterocycles. The van der Waals surface area contributed by atoms with Gasteiger partial charge < -0.3 is 4.74 Å². The van der Waals surface area contributed by atoms with Gasteiger partial charge in [-0.25, -0.2) is 8.42 Å². The lowest BCUT2D eigenvalue weighted by Gasteiger charge is -2.13. The van der Waals surface area contributed by atoms with E-state index in [0.29, 0.717) is 0 Å². The second-order valence-electron chi connectivity index (χ2n) is 2.84. The third kappa shape index (κ3) is 3.65. The number of hydrogen-bond donors (Lipinski definition) is 0. The fourth-order valence-corrected chi connectivity index (χ4v) is 2.18. The number of benzene rings is 1. The zero-order chi connectivity index (χ0) is 10.6. The van der Waals surface area contributed by atoms with E-state index in [9.17, 15) is 8.42 Å².